The summed E-state index contributed by atoms with van der Waals surface area (Å²) < 4.78 is 1.76. The highest BCUT2D eigenvalue weighted by Crippen LogP contribution is 2.22. The number of rotatable bonds is 8. The van der Waals surface area contributed by atoms with Gasteiger partial charge in [-0.05, 0) is 33.8 Å². The molecule has 0 fully saturated rings. The molecule has 140 valence electrons. The van der Waals surface area contributed by atoms with Gasteiger partial charge in [-0.3, -0.25) is 14.4 Å². The van der Waals surface area contributed by atoms with Crippen LogP contribution in [0, 0.1) is 0 Å². The van der Waals surface area contributed by atoms with E-state index in [1.54, 1.807) is 15.7 Å². The number of likely N-dealkylation sites (N-methyl/N-ethyl adjacent to an activating group) is 2. The smallest absolute Gasteiger partial charge is 0.295 e. The Hall–Kier alpha value is -2.63. The molecule has 0 aliphatic heterocycles. The fourth-order valence-corrected chi connectivity index (χ4v) is 3.15. The van der Waals surface area contributed by atoms with E-state index in [0.717, 1.165) is 5.52 Å². The van der Waals surface area contributed by atoms with Gasteiger partial charge in [0.05, 0.1) is 5.56 Å². The molecule has 0 saturated carbocycles. The lowest BCUT2D eigenvalue weighted by molar-refractivity contribution is -0.131. The third-order valence-corrected chi connectivity index (χ3v) is 4.70. The number of para-hydroxylation sites is 1. The molecule has 0 aliphatic rings. The van der Waals surface area contributed by atoms with Crippen LogP contribution in [0.1, 0.15) is 38.1 Å². The third kappa shape index (κ3) is 3.79. The third-order valence-electron chi connectivity index (χ3n) is 4.70. The molecule has 0 radical (unpaired) electrons. The average Bonchev–Trinajstić information content (AvgIpc) is 3.01. The Morgan fingerprint density at radius 1 is 0.885 bits per heavy atom. The van der Waals surface area contributed by atoms with Crippen molar-refractivity contribution in [1.29, 1.82) is 0 Å². The van der Waals surface area contributed by atoms with Crippen molar-refractivity contribution in [3.63, 3.8) is 0 Å². The number of carbonyl (C=O) groups is 3. The van der Waals surface area contributed by atoms with Crippen LogP contribution >= 0.6 is 0 Å². The van der Waals surface area contributed by atoms with Crippen LogP contribution in [-0.2, 0) is 16.1 Å². The normalized spacial score (nSPS) is 10.8. The number of carbonyl (C=O) groups excluding carboxylic acids is 3. The van der Waals surface area contributed by atoms with E-state index in [0.29, 0.717) is 37.1 Å². The predicted octanol–water partition coefficient (Wildman–Crippen LogP) is 2.56. The monoisotopic (exact) mass is 357 g/mol. The van der Waals surface area contributed by atoms with Crippen molar-refractivity contribution in [2.24, 2.45) is 0 Å². The molecule has 1 aromatic carbocycles. The van der Waals surface area contributed by atoms with Crippen molar-refractivity contribution in [1.82, 2.24) is 14.4 Å². The summed E-state index contributed by atoms with van der Waals surface area (Å²) in [4.78, 5) is 41.0. The van der Waals surface area contributed by atoms with Crippen LogP contribution in [0.15, 0.2) is 30.5 Å². The summed E-state index contributed by atoms with van der Waals surface area (Å²) in [6.07, 6.45) is 1.63. The highest BCUT2D eigenvalue weighted by molar-refractivity contribution is 6.44. The number of hydrogen-bond donors (Lipinski definition) is 0. The number of ketones is 1. The Kier molecular flexibility index (Phi) is 6.55. The van der Waals surface area contributed by atoms with Gasteiger partial charge in [0, 0.05) is 43.3 Å². The molecule has 6 nitrogen and oxygen atoms in total. The van der Waals surface area contributed by atoms with E-state index in [2.05, 4.69) is 0 Å². The van der Waals surface area contributed by atoms with Gasteiger partial charge < -0.3 is 14.4 Å². The Bertz CT molecular complexity index is 802. The van der Waals surface area contributed by atoms with Gasteiger partial charge in [0.25, 0.3) is 11.7 Å². The van der Waals surface area contributed by atoms with Gasteiger partial charge in [0.1, 0.15) is 6.54 Å². The van der Waals surface area contributed by atoms with Crippen molar-refractivity contribution >= 4 is 28.5 Å². The number of hydrogen-bond acceptors (Lipinski definition) is 3. The minimum atomic E-state index is -0.529. The predicted molar refractivity (Wildman–Crippen MR) is 102 cm³/mol. The summed E-state index contributed by atoms with van der Waals surface area (Å²) >= 11 is 0. The largest absolute Gasteiger partial charge is 0.342 e. The summed E-state index contributed by atoms with van der Waals surface area (Å²) in [5.41, 5.74) is 1.13. The van der Waals surface area contributed by atoms with Gasteiger partial charge in [-0.25, -0.2) is 0 Å². The molecule has 0 aliphatic carbocycles. The van der Waals surface area contributed by atoms with Gasteiger partial charge in [-0.1, -0.05) is 18.2 Å². The number of fused-ring (bicyclic) bond motifs is 1. The molecule has 1 aromatic heterocycles. The molecule has 0 spiro atoms. The Balaban J connectivity index is 2.42. The van der Waals surface area contributed by atoms with Crippen molar-refractivity contribution in [2.45, 2.75) is 34.2 Å². The number of Topliss-reactive ketones (excluding diaryl/α,β-unsaturated/α-hetero) is 1. The highest BCUT2D eigenvalue weighted by atomic mass is 16.2. The SMILES string of the molecule is CCN(CC)C(=O)Cn1cc(C(=O)C(=O)N(CC)CC)c2ccccc21. The van der Waals surface area contributed by atoms with Gasteiger partial charge in [-0.15, -0.1) is 0 Å². The first-order chi connectivity index (χ1) is 12.5. The first-order valence-electron chi connectivity index (χ1n) is 9.17. The number of aromatic nitrogens is 1. The molecule has 26 heavy (non-hydrogen) atoms. The molecular formula is C20H27N3O3. The lowest BCUT2D eigenvalue weighted by Crippen LogP contribution is -2.36. The zero-order chi connectivity index (χ0) is 19.3. The molecule has 2 rings (SSSR count). The summed E-state index contributed by atoms with van der Waals surface area (Å²) in [6, 6.07) is 7.37. The van der Waals surface area contributed by atoms with Gasteiger partial charge in [0.2, 0.25) is 5.91 Å². The molecule has 2 amide bonds. The number of amides is 2. The van der Waals surface area contributed by atoms with E-state index in [9.17, 15) is 14.4 Å². The maximum absolute atomic E-state index is 12.8. The van der Waals surface area contributed by atoms with Crippen molar-refractivity contribution in [3.8, 4) is 0 Å². The molecule has 0 bridgehead atoms. The molecular weight excluding hydrogens is 330 g/mol. The van der Waals surface area contributed by atoms with Crippen LogP contribution < -0.4 is 0 Å². The van der Waals surface area contributed by atoms with Crippen LogP contribution in [0.3, 0.4) is 0 Å². The van der Waals surface area contributed by atoms with E-state index < -0.39 is 11.7 Å². The maximum Gasteiger partial charge on any atom is 0.295 e. The van der Waals surface area contributed by atoms with Crippen molar-refractivity contribution < 1.29 is 14.4 Å². The summed E-state index contributed by atoms with van der Waals surface area (Å²) in [6.45, 7) is 9.97. The molecule has 0 saturated heterocycles. The second kappa shape index (κ2) is 8.65. The van der Waals surface area contributed by atoms with E-state index in [-0.39, 0.29) is 12.5 Å². The second-order valence-electron chi connectivity index (χ2n) is 6.06. The summed E-state index contributed by atoms with van der Waals surface area (Å²) in [5, 5.41) is 0.699. The Labute approximate surface area is 154 Å². The van der Waals surface area contributed by atoms with Crippen molar-refractivity contribution in [2.75, 3.05) is 26.2 Å². The van der Waals surface area contributed by atoms with Crippen LogP contribution in [-0.4, -0.2) is 58.1 Å². The highest BCUT2D eigenvalue weighted by Gasteiger charge is 2.25. The molecule has 6 heteroatoms. The zero-order valence-electron chi connectivity index (χ0n) is 16.0. The van der Waals surface area contributed by atoms with E-state index >= 15 is 0 Å². The van der Waals surface area contributed by atoms with Crippen LogP contribution in [0.5, 0.6) is 0 Å². The molecule has 0 N–H and O–H groups in total. The van der Waals surface area contributed by atoms with E-state index in [1.165, 1.54) is 4.90 Å². The summed E-state index contributed by atoms with van der Waals surface area (Å²) in [7, 11) is 0. The Morgan fingerprint density at radius 3 is 2.04 bits per heavy atom. The fourth-order valence-electron chi connectivity index (χ4n) is 3.15. The maximum atomic E-state index is 12.8. The van der Waals surface area contributed by atoms with Crippen LogP contribution in [0.2, 0.25) is 0 Å². The van der Waals surface area contributed by atoms with E-state index in [4.69, 9.17) is 0 Å². The lowest BCUT2D eigenvalue weighted by Gasteiger charge is -2.19. The topological polar surface area (TPSA) is 62.6 Å². The van der Waals surface area contributed by atoms with Gasteiger partial charge in [-0.2, -0.15) is 0 Å². The Morgan fingerprint density at radius 2 is 1.46 bits per heavy atom. The standard InChI is InChI=1S/C20H27N3O3/c1-5-21(6-2)18(24)14-23-13-16(15-11-9-10-12-17(15)23)19(25)20(26)22(7-3)8-4/h9-13H,5-8,14H2,1-4H3. The van der Waals surface area contributed by atoms with Gasteiger partial charge >= 0.3 is 0 Å². The first kappa shape index (κ1) is 19.7. The minimum Gasteiger partial charge on any atom is -0.342 e. The number of nitrogens with zero attached hydrogens (tertiary/aromatic N) is 3. The summed E-state index contributed by atoms with van der Waals surface area (Å²) in [5.74, 6) is -1.04. The second-order valence-corrected chi connectivity index (χ2v) is 6.06. The molecule has 0 atom stereocenters. The zero-order valence-corrected chi connectivity index (χ0v) is 16.0. The average molecular weight is 357 g/mol. The molecule has 1 heterocycles. The minimum absolute atomic E-state index is 0.00942. The van der Waals surface area contributed by atoms with Crippen LogP contribution in [0.25, 0.3) is 10.9 Å². The number of benzene rings is 1. The quantitative estimate of drug-likeness (QED) is 0.539. The van der Waals surface area contributed by atoms with Crippen molar-refractivity contribution in [3.05, 3.63) is 36.0 Å². The van der Waals surface area contributed by atoms with E-state index in [1.807, 2.05) is 52.0 Å². The molecule has 0 unspecified atom stereocenters. The molecule has 2 aromatic rings. The lowest BCUT2D eigenvalue weighted by atomic mass is 10.1. The first-order valence-corrected chi connectivity index (χ1v) is 9.17. The van der Waals surface area contributed by atoms with Crippen LogP contribution in [0.4, 0.5) is 0 Å². The van der Waals surface area contributed by atoms with Gasteiger partial charge in [0.15, 0.2) is 0 Å². The fraction of sp³-hybridized carbons (Fsp3) is 0.450.